The van der Waals surface area contributed by atoms with Crippen LogP contribution in [0.25, 0.3) is 0 Å². The van der Waals surface area contributed by atoms with Gasteiger partial charge in [-0.1, -0.05) is 37.8 Å². The van der Waals surface area contributed by atoms with E-state index < -0.39 is 0 Å². The summed E-state index contributed by atoms with van der Waals surface area (Å²) < 4.78 is 0. The molecule has 0 radical (unpaired) electrons. The maximum Gasteiger partial charge on any atom is 0.227 e. The number of amides is 1. The number of hydrogen-bond donors (Lipinski definition) is 1. The fourth-order valence-corrected chi connectivity index (χ4v) is 1.10. The fourth-order valence-electron chi connectivity index (χ4n) is 1.10. The monoisotopic (exact) mass is 193 g/mol. The molecule has 1 amide bonds. The molecular formula is C12H19NO. The van der Waals surface area contributed by atoms with Crippen molar-refractivity contribution in [1.29, 1.82) is 0 Å². The summed E-state index contributed by atoms with van der Waals surface area (Å²) in [5.41, 5.74) is 0.987. The van der Waals surface area contributed by atoms with E-state index in [9.17, 15) is 4.79 Å². The minimum Gasteiger partial charge on any atom is -0.359 e. The third kappa shape index (κ3) is 4.08. The molecule has 1 atom stereocenters. The second kappa shape index (κ2) is 7.13. The Bertz CT molecular complexity index is 251. The summed E-state index contributed by atoms with van der Waals surface area (Å²) in [6.45, 7) is 7.58. The van der Waals surface area contributed by atoms with Crippen LogP contribution >= 0.6 is 0 Å². The van der Waals surface area contributed by atoms with Gasteiger partial charge >= 0.3 is 0 Å². The molecule has 0 saturated carbocycles. The average Bonchev–Trinajstić information content (AvgIpc) is 2.22. The van der Waals surface area contributed by atoms with Crippen LogP contribution in [-0.4, -0.2) is 13.0 Å². The molecule has 0 bridgehead atoms. The van der Waals surface area contributed by atoms with Crippen molar-refractivity contribution in [1.82, 2.24) is 5.32 Å². The lowest BCUT2D eigenvalue weighted by atomic mass is 9.99. The Morgan fingerprint density at radius 2 is 2.21 bits per heavy atom. The van der Waals surface area contributed by atoms with Gasteiger partial charge in [0.15, 0.2) is 0 Å². The highest BCUT2D eigenvalue weighted by atomic mass is 16.1. The molecule has 0 fully saturated rings. The van der Waals surface area contributed by atoms with E-state index >= 15 is 0 Å². The number of rotatable bonds is 5. The van der Waals surface area contributed by atoms with Gasteiger partial charge in [-0.15, -0.1) is 0 Å². The standard InChI is InChI=1S/C12H19NO/c1-5-7-9-11(8-6-2)10(3)12(14)13-4/h6-10H,2,5H2,1,3-4H3,(H,13,14)/b9-7-,11-8+. The highest BCUT2D eigenvalue weighted by Gasteiger charge is 2.13. The Hall–Kier alpha value is -1.31. The van der Waals surface area contributed by atoms with Crippen molar-refractivity contribution >= 4 is 5.91 Å². The van der Waals surface area contributed by atoms with Crippen LogP contribution in [0.4, 0.5) is 0 Å². The van der Waals surface area contributed by atoms with Crippen molar-refractivity contribution in [2.75, 3.05) is 7.05 Å². The molecule has 0 spiro atoms. The number of hydrogen-bond acceptors (Lipinski definition) is 1. The van der Waals surface area contributed by atoms with Crippen LogP contribution in [0.3, 0.4) is 0 Å². The van der Waals surface area contributed by atoms with Gasteiger partial charge < -0.3 is 5.32 Å². The quantitative estimate of drug-likeness (QED) is 0.668. The topological polar surface area (TPSA) is 29.1 Å². The Kier molecular flexibility index (Phi) is 6.46. The van der Waals surface area contributed by atoms with Crippen molar-refractivity contribution in [3.63, 3.8) is 0 Å². The van der Waals surface area contributed by atoms with Gasteiger partial charge in [0, 0.05) is 7.05 Å². The third-order valence-electron chi connectivity index (χ3n) is 2.00. The maximum absolute atomic E-state index is 11.4. The molecule has 0 rings (SSSR count). The first-order chi connectivity index (χ1) is 6.67. The summed E-state index contributed by atoms with van der Waals surface area (Å²) in [5, 5.41) is 2.63. The van der Waals surface area contributed by atoms with Crippen molar-refractivity contribution < 1.29 is 4.79 Å². The van der Waals surface area contributed by atoms with Gasteiger partial charge in [-0.05, 0) is 18.9 Å². The van der Waals surface area contributed by atoms with Crippen molar-refractivity contribution in [3.8, 4) is 0 Å². The molecule has 2 heteroatoms. The van der Waals surface area contributed by atoms with Gasteiger partial charge in [0.05, 0.1) is 5.92 Å². The SMILES string of the molecule is C=C/C=C(\C=C/CC)C(C)C(=O)NC. The second-order valence-corrected chi connectivity index (χ2v) is 3.05. The summed E-state index contributed by atoms with van der Waals surface area (Å²) in [6.07, 6.45) is 8.55. The Labute approximate surface area is 86.4 Å². The molecule has 0 heterocycles. The number of nitrogens with one attached hydrogen (secondary N) is 1. The maximum atomic E-state index is 11.4. The normalized spacial score (nSPS) is 14.1. The Morgan fingerprint density at radius 1 is 1.57 bits per heavy atom. The lowest BCUT2D eigenvalue weighted by molar-refractivity contribution is -0.122. The highest BCUT2D eigenvalue weighted by molar-refractivity contribution is 5.81. The van der Waals surface area contributed by atoms with E-state index in [2.05, 4.69) is 18.8 Å². The van der Waals surface area contributed by atoms with Crippen molar-refractivity contribution in [3.05, 3.63) is 36.5 Å². The molecule has 0 aliphatic carbocycles. The molecule has 0 aromatic heterocycles. The summed E-state index contributed by atoms with van der Waals surface area (Å²) in [4.78, 5) is 11.4. The van der Waals surface area contributed by atoms with Gasteiger partial charge in [0.1, 0.15) is 0 Å². The number of carbonyl (C=O) groups is 1. The van der Waals surface area contributed by atoms with Crippen LogP contribution in [0.1, 0.15) is 20.3 Å². The molecule has 0 aromatic rings. The third-order valence-corrected chi connectivity index (χ3v) is 2.00. The van der Waals surface area contributed by atoms with Gasteiger partial charge in [-0.3, -0.25) is 4.79 Å². The second-order valence-electron chi connectivity index (χ2n) is 3.05. The van der Waals surface area contributed by atoms with E-state index in [0.29, 0.717) is 0 Å². The molecule has 1 unspecified atom stereocenters. The Morgan fingerprint density at radius 3 is 2.64 bits per heavy atom. The lowest BCUT2D eigenvalue weighted by Crippen LogP contribution is -2.26. The molecule has 2 nitrogen and oxygen atoms in total. The molecule has 14 heavy (non-hydrogen) atoms. The molecule has 0 aliphatic heterocycles. The summed E-state index contributed by atoms with van der Waals surface area (Å²) >= 11 is 0. The van der Waals surface area contributed by atoms with Crippen LogP contribution in [0, 0.1) is 5.92 Å². The van der Waals surface area contributed by atoms with Gasteiger partial charge in [0.2, 0.25) is 5.91 Å². The molecular weight excluding hydrogens is 174 g/mol. The molecule has 78 valence electrons. The van der Waals surface area contributed by atoms with E-state index in [1.165, 1.54) is 0 Å². The molecule has 1 N–H and O–H groups in total. The van der Waals surface area contributed by atoms with Crippen LogP contribution in [-0.2, 0) is 4.79 Å². The van der Waals surface area contributed by atoms with Gasteiger partial charge in [0.25, 0.3) is 0 Å². The molecule has 0 aliphatic rings. The van der Waals surface area contributed by atoms with Crippen LogP contribution in [0.15, 0.2) is 36.5 Å². The first-order valence-electron chi connectivity index (χ1n) is 4.88. The molecule has 0 saturated heterocycles. The van der Waals surface area contributed by atoms with Gasteiger partial charge in [-0.2, -0.15) is 0 Å². The average molecular weight is 193 g/mol. The van der Waals surface area contributed by atoms with E-state index in [1.54, 1.807) is 13.1 Å². The van der Waals surface area contributed by atoms with Gasteiger partial charge in [-0.25, -0.2) is 0 Å². The first kappa shape index (κ1) is 12.7. The first-order valence-corrected chi connectivity index (χ1v) is 4.88. The van der Waals surface area contributed by atoms with E-state index in [0.717, 1.165) is 12.0 Å². The predicted octanol–water partition coefficient (Wildman–Crippen LogP) is 2.45. The van der Waals surface area contributed by atoms with E-state index in [1.807, 2.05) is 25.2 Å². The zero-order valence-electron chi connectivity index (χ0n) is 9.21. The summed E-state index contributed by atoms with van der Waals surface area (Å²) in [5.74, 6) is -0.0975. The zero-order valence-corrected chi connectivity index (χ0v) is 9.21. The summed E-state index contributed by atoms with van der Waals surface area (Å²) in [7, 11) is 1.65. The van der Waals surface area contributed by atoms with Crippen LogP contribution < -0.4 is 5.32 Å². The largest absolute Gasteiger partial charge is 0.359 e. The molecule has 0 aromatic carbocycles. The number of carbonyl (C=O) groups excluding carboxylic acids is 1. The number of allylic oxidation sites excluding steroid dienone is 4. The minimum atomic E-state index is -0.124. The van der Waals surface area contributed by atoms with Crippen molar-refractivity contribution in [2.24, 2.45) is 5.92 Å². The van der Waals surface area contributed by atoms with Crippen LogP contribution in [0.2, 0.25) is 0 Å². The minimum absolute atomic E-state index is 0.0267. The predicted molar refractivity (Wildman–Crippen MR) is 60.9 cm³/mol. The zero-order chi connectivity index (χ0) is 11.0. The fraction of sp³-hybridized carbons (Fsp3) is 0.417. The highest BCUT2D eigenvalue weighted by Crippen LogP contribution is 2.12. The van der Waals surface area contributed by atoms with E-state index in [-0.39, 0.29) is 11.8 Å². The van der Waals surface area contributed by atoms with E-state index in [4.69, 9.17) is 0 Å². The Balaban J connectivity index is 4.65. The smallest absolute Gasteiger partial charge is 0.227 e. The summed E-state index contributed by atoms with van der Waals surface area (Å²) in [6, 6.07) is 0. The van der Waals surface area contributed by atoms with Crippen LogP contribution in [0.5, 0.6) is 0 Å². The lowest BCUT2D eigenvalue weighted by Gasteiger charge is -2.10. The van der Waals surface area contributed by atoms with Crippen molar-refractivity contribution in [2.45, 2.75) is 20.3 Å².